The lowest BCUT2D eigenvalue weighted by Crippen LogP contribution is -2.46. The van der Waals surface area contributed by atoms with Gasteiger partial charge >= 0.3 is 0 Å². The van der Waals surface area contributed by atoms with Crippen LogP contribution in [-0.2, 0) is 16.6 Å². The number of nitro groups is 1. The van der Waals surface area contributed by atoms with E-state index < -0.39 is 14.9 Å². The van der Waals surface area contributed by atoms with Gasteiger partial charge in [0.1, 0.15) is 5.82 Å². The van der Waals surface area contributed by atoms with Crippen LogP contribution in [0.5, 0.6) is 0 Å². The van der Waals surface area contributed by atoms with Crippen molar-refractivity contribution in [2.45, 2.75) is 25.3 Å². The van der Waals surface area contributed by atoms with Gasteiger partial charge in [-0.15, -0.1) is 0 Å². The van der Waals surface area contributed by atoms with Gasteiger partial charge in [-0.2, -0.15) is 0 Å². The average Bonchev–Trinajstić information content (AvgIpc) is 2.74. The molecule has 9 nitrogen and oxygen atoms in total. The number of halogens is 1. The van der Waals surface area contributed by atoms with Gasteiger partial charge in [-0.05, 0) is 31.2 Å². The van der Waals surface area contributed by atoms with Crippen molar-refractivity contribution in [2.75, 3.05) is 37.6 Å². The normalized spacial score (nSPS) is 15.4. The monoisotopic (exact) mass is 453 g/mol. The summed E-state index contributed by atoms with van der Waals surface area (Å²) in [7, 11) is -3.98. The zero-order valence-electron chi connectivity index (χ0n) is 16.8. The van der Waals surface area contributed by atoms with Crippen molar-refractivity contribution in [3.63, 3.8) is 0 Å². The molecular formula is C19H24ClN5O4S. The lowest BCUT2D eigenvalue weighted by Gasteiger charge is -2.34. The van der Waals surface area contributed by atoms with Gasteiger partial charge in [0.25, 0.3) is 5.69 Å². The van der Waals surface area contributed by atoms with E-state index in [2.05, 4.69) is 26.4 Å². The van der Waals surface area contributed by atoms with Gasteiger partial charge < -0.3 is 9.80 Å². The van der Waals surface area contributed by atoms with Crippen LogP contribution in [0.3, 0.4) is 0 Å². The fourth-order valence-corrected chi connectivity index (χ4v) is 4.59. The lowest BCUT2D eigenvalue weighted by atomic mass is 10.2. The van der Waals surface area contributed by atoms with Gasteiger partial charge in [0, 0.05) is 50.6 Å². The summed E-state index contributed by atoms with van der Waals surface area (Å²) in [5, 5.41) is 11.2. The zero-order valence-corrected chi connectivity index (χ0v) is 18.4. The Morgan fingerprint density at radius 2 is 1.93 bits per heavy atom. The van der Waals surface area contributed by atoms with Crippen LogP contribution in [0.15, 0.2) is 35.4 Å². The third kappa shape index (κ3) is 5.07. The summed E-state index contributed by atoms with van der Waals surface area (Å²) in [6.07, 6.45) is 1.63. The highest BCUT2D eigenvalue weighted by Gasteiger charge is 2.22. The Hall–Kier alpha value is -2.27. The van der Waals surface area contributed by atoms with E-state index in [-0.39, 0.29) is 27.7 Å². The topological polar surface area (TPSA) is 109 Å². The predicted molar refractivity (Wildman–Crippen MR) is 115 cm³/mol. The van der Waals surface area contributed by atoms with Crippen LogP contribution < -0.4 is 9.62 Å². The molecule has 1 saturated heterocycles. The molecule has 1 N–H and O–H groups in total. The van der Waals surface area contributed by atoms with Gasteiger partial charge in [0.15, 0.2) is 0 Å². The van der Waals surface area contributed by atoms with Crippen LogP contribution in [0.2, 0.25) is 5.02 Å². The molecular weight excluding hydrogens is 430 g/mol. The Bertz CT molecular complexity index is 1020. The number of likely N-dealkylation sites (N-methyl/N-ethyl adjacent to an activating group) is 1. The second-order valence-electron chi connectivity index (χ2n) is 7.08. The van der Waals surface area contributed by atoms with Crippen molar-refractivity contribution in [3.8, 4) is 0 Å². The fourth-order valence-electron chi connectivity index (χ4n) is 3.25. The molecule has 0 bridgehead atoms. The number of hydrogen-bond donors (Lipinski definition) is 1. The standard InChI is InChI=1S/C19H24ClN5O4S/c1-3-23-6-8-24(9-7-23)19-5-4-15(12-21-19)13-22-30(28,29)16-10-17(20)14(2)18(11-16)25(26)27/h4-5,10-12,22H,3,6-9,13H2,1-2H3. The number of sulfonamides is 1. The summed E-state index contributed by atoms with van der Waals surface area (Å²) < 4.78 is 27.6. The summed E-state index contributed by atoms with van der Waals surface area (Å²) in [6, 6.07) is 5.92. The summed E-state index contributed by atoms with van der Waals surface area (Å²) in [4.78, 5) is 19.3. The van der Waals surface area contributed by atoms with Crippen LogP contribution in [0.25, 0.3) is 0 Å². The van der Waals surface area contributed by atoms with E-state index >= 15 is 0 Å². The molecule has 162 valence electrons. The van der Waals surface area contributed by atoms with Crippen LogP contribution in [0.4, 0.5) is 11.5 Å². The number of hydrogen-bond acceptors (Lipinski definition) is 7. The molecule has 2 aromatic rings. The maximum absolute atomic E-state index is 12.6. The molecule has 30 heavy (non-hydrogen) atoms. The molecule has 1 aliphatic rings. The van der Waals surface area contributed by atoms with E-state index in [1.807, 2.05) is 12.1 Å². The van der Waals surface area contributed by atoms with Gasteiger partial charge in [-0.1, -0.05) is 24.6 Å². The zero-order chi connectivity index (χ0) is 21.9. The third-order valence-corrected chi connectivity index (χ3v) is 6.99. The highest BCUT2D eigenvalue weighted by Crippen LogP contribution is 2.29. The first-order valence-electron chi connectivity index (χ1n) is 9.57. The molecule has 0 saturated carbocycles. The fraction of sp³-hybridized carbons (Fsp3) is 0.421. The van der Waals surface area contributed by atoms with Crippen LogP contribution in [0, 0.1) is 17.0 Å². The van der Waals surface area contributed by atoms with Crippen molar-refractivity contribution in [1.82, 2.24) is 14.6 Å². The molecule has 2 heterocycles. The number of nitrogens with one attached hydrogen (secondary N) is 1. The molecule has 11 heteroatoms. The second kappa shape index (κ2) is 9.25. The molecule has 3 rings (SSSR count). The maximum atomic E-state index is 12.6. The van der Waals surface area contributed by atoms with Crippen LogP contribution in [-0.4, -0.2) is 55.9 Å². The molecule has 1 fully saturated rings. The SMILES string of the molecule is CCN1CCN(c2ccc(CNS(=O)(=O)c3cc(Cl)c(C)c([N+](=O)[O-])c3)cn2)CC1. The quantitative estimate of drug-likeness (QED) is 0.506. The molecule has 1 aliphatic heterocycles. The summed E-state index contributed by atoms with van der Waals surface area (Å²) in [5.74, 6) is 0.860. The summed E-state index contributed by atoms with van der Waals surface area (Å²) >= 11 is 5.98. The second-order valence-corrected chi connectivity index (χ2v) is 9.25. The van der Waals surface area contributed by atoms with Gasteiger partial charge in [0.05, 0.1) is 14.8 Å². The van der Waals surface area contributed by atoms with Crippen LogP contribution in [0.1, 0.15) is 18.1 Å². The first kappa shape index (κ1) is 22.4. The maximum Gasteiger partial charge on any atom is 0.275 e. The largest absolute Gasteiger partial charge is 0.354 e. The number of nitro benzene ring substituents is 1. The number of pyridine rings is 1. The Morgan fingerprint density at radius 1 is 1.23 bits per heavy atom. The van der Waals surface area contributed by atoms with Crippen molar-refractivity contribution in [1.29, 1.82) is 0 Å². The number of rotatable bonds is 7. The number of anilines is 1. The van der Waals surface area contributed by atoms with Crippen molar-refractivity contribution >= 4 is 33.1 Å². The van der Waals surface area contributed by atoms with Crippen molar-refractivity contribution in [2.24, 2.45) is 0 Å². The summed E-state index contributed by atoms with van der Waals surface area (Å²) in [6.45, 7) is 8.45. The third-order valence-electron chi connectivity index (χ3n) is 5.22. The number of nitrogens with zero attached hydrogens (tertiary/aromatic N) is 4. The molecule has 0 atom stereocenters. The molecule has 1 aromatic heterocycles. The summed E-state index contributed by atoms with van der Waals surface area (Å²) in [5.41, 5.74) is 0.569. The molecule has 1 aromatic carbocycles. The van der Waals surface area contributed by atoms with Crippen LogP contribution >= 0.6 is 11.6 Å². The van der Waals surface area contributed by atoms with E-state index in [0.717, 1.165) is 44.6 Å². The number of piperazine rings is 1. The molecule has 0 aliphatic carbocycles. The van der Waals surface area contributed by atoms with Crippen molar-refractivity contribution < 1.29 is 13.3 Å². The van der Waals surface area contributed by atoms with E-state index in [9.17, 15) is 18.5 Å². The van der Waals surface area contributed by atoms with Gasteiger partial charge in [-0.3, -0.25) is 10.1 Å². The highest BCUT2D eigenvalue weighted by atomic mass is 35.5. The molecule has 0 unspecified atom stereocenters. The minimum absolute atomic E-state index is 0.0124. The highest BCUT2D eigenvalue weighted by molar-refractivity contribution is 7.89. The number of benzene rings is 1. The number of aromatic nitrogens is 1. The van der Waals surface area contributed by atoms with E-state index in [4.69, 9.17) is 11.6 Å². The smallest absolute Gasteiger partial charge is 0.275 e. The average molecular weight is 454 g/mol. The Kier molecular flexibility index (Phi) is 6.91. The molecule has 0 radical (unpaired) electrons. The minimum Gasteiger partial charge on any atom is -0.354 e. The first-order chi connectivity index (χ1) is 14.2. The van der Waals surface area contributed by atoms with E-state index in [0.29, 0.717) is 5.56 Å². The lowest BCUT2D eigenvalue weighted by molar-refractivity contribution is -0.385. The van der Waals surface area contributed by atoms with Crippen molar-refractivity contribution in [3.05, 3.63) is 56.7 Å². The molecule has 0 amide bonds. The Labute approximate surface area is 180 Å². The van der Waals surface area contributed by atoms with Gasteiger partial charge in [0.2, 0.25) is 10.0 Å². The van der Waals surface area contributed by atoms with E-state index in [1.165, 1.54) is 13.0 Å². The van der Waals surface area contributed by atoms with E-state index in [1.54, 1.807) is 6.20 Å². The molecule has 0 spiro atoms. The predicted octanol–water partition coefficient (Wildman–Crippen LogP) is 2.57. The minimum atomic E-state index is -3.98. The Balaban J connectivity index is 1.67. The first-order valence-corrected chi connectivity index (χ1v) is 11.4. The van der Waals surface area contributed by atoms with Gasteiger partial charge in [-0.25, -0.2) is 18.1 Å². The Morgan fingerprint density at radius 3 is 2.50 bits per heavy atom.